The quantitative estimate of drug-likeness (QED) is 0.463. The summed E-state index contributed by atoms with van der Waals surface area (Å²) in [6.45, 7) is 8.65. The van der Waals surface area contributed by atoms with Gasteiger partial charge in [-0.3, -0.25) is 14.4 Å². The van der Waals surface area contributed by atoms with Crippen LogP contribution in [0.1, 0.15) is 49.2 Å². The van der Waals surface area contributed by atoms with Gasteiger partial charge in [-0.1, -0.05) is 36.4 Å². The van der Waals surface area contributed by atoms with Gasteiger partial charge >= 0.3 is 0 Å². The number of rotatable bonds is 7. The number of aliphatic hydroxyl groups excluding tert-OH is 1. The largest absolute Gasteiger partial charge is 0.508 e. The van der Waals surface area contributed by atoms with E-state index in [2.05, 4.69) is 10.6 Å². The number of carbonyl (C=O) groups excluding carboxylic acids is 3. The molecule has 1 heterocycles. The molecular formula is C27H35N3O6. The zero-order valence-electron chi connectivity index (χ0n) is 21.3. The Bertz CT molecular complexity index is 1100. The maximum atomic E-state index is 13.5. The van der Waals surface area contributed by atoms with E-state index in [0.29, 0.717) is 5.56 Å². The number of hydrogen-bond donors (Lipinski definition) is 4. The fraction of sp³-hybridized carbons (Fsp3) is 0.444. The van der Waals surface area contributed by atoms with Crippen LogP contribution in [0.2, 0.25) is 0 Å². The van der Waals surface area contributed by atoms with Crippen molar-refractivity contribution in [2.24, 2.45) is 0 Å². The van der Waals surface area contributed by atoms with Crippen molar-refractivity contribution < 1.29 is 29.3 Å². The molecule has 9 heteroatoms. The number of nitrogens with zero attached hydrogens (tertiary/aromatic N) is 1. The predicted octanol–water partition coefficient (Wildman–Crippen LogP) is 1.89. The average molecular weight is 498 g/mol. The van der Waals surface area contributed by atoms with Crippen LogP contribution < -0.4 is 10.6 Å². The second-order valence-corrected chi connectivity index (χ2v) is 10.2. The van der Waals surface area contributed by atoms with Crippen LogP contribution in [-0.2, 0) is 20.7 Å². The van der Waals surface area contributed by atoms with Crippen molar-refractivity contribution in [3.05, 3.63) is 65.2 Å². The molecule has 0 unspecified atom stereocenters. The summed E-state index contributed by atoms with van der Waals surface area (Å²) >= 11 is 0. The van der Waals surface area contributed by atoms with E-state index >= 15 is 0 Å². The zero-order valence-corrected chi connectivity index (χ0v) is 21.3. The van der Waals surface area contributed by atoms with Crippen molar-refractivity contribution in [2.75, 3.05) is 6.73 Å². The molecule has 0 aliphatic carbocycles. The van der Waals surface area contributed by atoms with Gasteiger partial charge in [0, 0.05) is 16.7 Å². The molecule has 36 heavy (non-hydrogen) atoms. The first kappa shape index (κ1) is 27.2. The number of nitrogens with one attached hydrogen (secondary N) is 2. The standard InChI is InChI=1S/C27H35N3O6/c1-16-19(12-9-13-21(16)31)24(33)28-20(14-18-10-7-6-8-11-18)23(32)26(35)30-15-36-17(2)22(30)25(34)29-27(3,4)5/h6-13,17,20,22-23,31-32H,14-15H2,1-5H3,(H,28,33)(H,29,34)/t17-,20+,22+,23+/m1/s1. The summed E-state index contributed by atoms with van der Waals surface area (Å²) in [5, 5.41) is 26.8. The normalized spacial score (nSPS) is 19.4. The van der Waals surface area contributed by atoms with Crippen LogP contribution in [0, 0.1) is 6.92 Å². The monoisotopic (exact) mass is 497 g/mol. The first-order chi connectivity index (χ1) is 16.9. The van der Waals surface area contributed by atoms with Gasteiger partial charge in [-0.15, -0.1) is 0 Å². The predicted molar refractivity (Wildman–Crippen MR) is 134 cm³/mol. The zero-order chi connectivity index (χ0) is 26.6. The van der Waals surface area contributed by atoms with Crippen molar-refractivity contribution in [1.29, 1.82) is 0 Å². The maximum absolute atomic E-state index is 13.5. The van der Waals surface area contributed by atoms with Crippen LogP contribution in [0.3, 0.4) is 0 Å². The molecule has 1 fully saturated rings. The summed E-state index contributed by atoms with van der Waals surface area (Å²) in [6, 6.07) is 11.8. The Morgan fingerprint density at radius 3 is 2.42 bits per heavy atom. The Labute approximate surface area is 211 Å². The van der Waals surface area contributed by atoms with Crippen LogP contribution in [-0.4, -0.2) is 69.4 Å². The topological polar surface area (TPSA) is 128 Å². The van der Waals surface area contributed by atoms with Gasteiger partial charge in [-0.05, 0) is 58.7 Å². The van der Waals surface area contributed by atoms with Crippen molar-refractivity contribution in [3.8, 4) is 5.75 Å². The number of hydrogen-bond acceptors (Lipinski definition) is 6. The molecule has 1 aliphatic heterocycles. The molecule has 3 amide bonds. The van der Waals surface area contributed by atoms with Gasteiger partial charge in [0.1, 0.15) is 18.5 Å². The molecule has 2 aromatic carbocycles. The SMILES string of the molecule is Cc1c(O)cccc1C(=O)N[C@@H](Cc1ccccc1)[C@H](O)C(=O)N1CO[C@H](C)[C@H]1C(=O)NC(C)(C)C. The van der Waals surface area contributed by atoms with E-state index in [-0.39, 0.29) is 30.4 Å². The lowest BCUT2D eigenvalue weighted by Gasteiger charge is -2.31. The number of carbonyl (C=O) groups is 3. The second kappa shape index (κ2) is 11.1. The Morgan fingerprint density at radius 2 is 1.78 bits per heavy atom. The van der Waals surface area contributed by atoms with Crippen molar-refractivity contribution in [1.82, 2.24) is 15.5 Å². The molecule has 4 N–H and O–H groups in total. The molecule has 0 saturated carbocycles. The van der Waals surface area contributed by atoms with E-state index < -0.39 is 41.6 Å². The summed E-state index contributed by atoms with van der Waals surface area (Å²) in [5.74, 6) is -1.67. The van der Waals surface area contributed by atoms with E-state index in [1.54, 1.807) is 26.0 Å². The molecule has 3 rings (SSSR count). The van der Waals surface area contributed by atoms with Crippen LogP contribution in [0.25, 0.3) is 0 Å². The lowest BCUT2D eigenvalue weighted by atomic mass is 9.98. The third kappa shape index (κ3) is 6.41. The Balaban J connectivity index is 1.86. The van der Waals surface area contributed by atoms with Gasteiger partial charge in [-0.2, -0.15) is 0 Å². The molecular weight excluding hydrogens is 462 g/mol. The van der Waals surface area contributed by atoms with Gasteiger partial charge in [0.25, 0.3) is 11.8 Å². The minimum atomic E-state index is -1.65. The summed E-state index contributed by atoms with van der Waals surface area (Å²) in [7, 11) is 0. The number of phenolic OH excluding ortho intramolecular Hbond substituents is 1. The van der Waals surface area contributed by atoms with Crippen LogP contribution in [0.5, 0.6) is 5.75 Å². The third-order valence-electron chi connectivity index (χ3n) is 6.11. The molecule has 1 saturated heterocycles. The van der Waals surface area contributed by atoms with Gasteiger partial charge in [-0.25, -0.2) is 0 Å². The Hall–Kier alpha value is -3.43. The number of amides is 3. The van der Waals surface area contributed by atoms with Crippen molar-refractivity contribution in [2.45, 2.75) is 70.9 Å². The highest BCUT2D eigenvalue weighted by atomic mass is 16.5. The molecule has 2 aromatic rings. The molecule has 0 bridgehead atoms. The smallest absolute Gasteiger partial charge is 0.256 e. The van der Waals surface area contributed by atoms with E-state index in [4.69, 9.17) is 4.74 Å². The molecule has 0 radical (unpaired) electrons. The highest BCUT2D eigenvalue weighted by Gasteiger charge is 2.44. The number of aromatic hydroxyl groups is 1. The molecule has 9 nitrogen and oxygen atoms in total. The van der Waals surface area contributed by atoms with Crippen molar-refractivity contribution in [3.63, 3.8) is 0 Å². The lowest BCUT2D eigenvalue weighted by molar-refractivity contribution is -0.147. The minimum Gasteiger partial charge on any atom is -0.508 e. The maximum Gasteiger partial charge on any atom is 0.256 e. The molecule has 0 spiro atoms. The highest BCUT2D eigenvalue weighted by molar-refractivity contribution is 5.97. The number of phenols is 1. The Morgan fingerprint density at radius 1 is 1.11 bits per heavy atom. The molecule has 4 atom stereocenters. The third-order valence-corrected chi connectivity index (χ3v) is 6.11. The first-order valence-corrected chi connectivity index (χ1v) is 11.9. The first-order valence-electron chi connectivity index (χ1n) is 11.9. The summed E-state index contributed by atoms with van der Waals surface area (Å²) in [4.78, 5) is 40.7. The minimum absolute atomic E-state index is 0.0326. The Kier molecular flexibility index (Phi) is 8.37. The lowest BCUT2D eigenvalue weighted by Crippen LogP contribution is -2.58. The van der Waals surface area contributed by atoms with Gasteiger partial charge in [0.2, 0.25) is 5.91 Å². The van der Waals surface area contributed by atoms with Crippen LogP contribution >= 0.6 is 0 Å². The molecule has 194 valence electrons. The molecule has 1 aliphatic rings. The fourth-order valence-corrected chi connectivity index (χ4v) is 4.19. The van der Waals surface area contributed by atoms with Gasteiger partial charge in [0.15, 0.2) is 6.10 Å². The number of aliphatic hydroxyl groups is 1. The van der Waals surface area contributed by atoms with Gasteiger partial charge < -0.3 is 30.5 Å². The van der Waals surface area contributed by atoms with E-state index in [9.17, 15) is 24.6 Å². The second-order valence-electron chi connectivity index (χ2n) is 10.2. The summed E-state index contributed by atoms with van der Waals surface area (Å²) in [5.41, 5.74) is 0.897. The summed E-state index contributed by atoms with van der Waals surface area (Å²) in [6.07, 6.45) is -2.05. The van der Waals surface area contributed by atoms with Crippen LogP contribution in [0.4, 0.5) is 0 Å². The number of ether oxygens (including phenoxy) is 1. The van der Waals surface area contributed by atoms with E-state index in [0.717, 1.165) is 5.56 Å². The average Bonchev–Trinajstić information content (AvgIpc) is 3.20. The number of benzene rings is 2. The van der Waals surface area contributed by atoms with E-state index in [1.165, 1.54) is 11.0 Å². The van der Waals surface area contributed by atoms with Gasteiger partial charge in [0.05, 0.1) is 12.1 Å². The van der Waals surface area contributed by atoms with E-state index in [1.807, 2.05) is 51.1 Å². The van der Waals surface area contributed by atoms with Crippen molar-refractivity contribution >= 4 is 17.7 Å². The van der Waals surface area contributed by atoms with Crippen LogP contribution in [0.15, 0.2) is 48.5 Å². The fourth-order valence-electron chi connectivity index (χ4n) is 4.19. The highest BCUT2D eigenvalue weighted by Crippen LogP contribution is 2.22. The molecule has 0 aromatic heterocycles. The summed E-state index contributed by atoms with van der Waals surface area (Å²) < 4.78 is 5.58.